The highest BCUT2D eigenvalue weighted by Gasteiger charge is 2.27. The first-order valence-electron chi connectivity index (χ1n) is 11.4. The zero-order chi connectivity index (χ0) is 23.9. The largest absolute Gasteiger partial charge is 0.484 e. The van der Waals surface area contributed by atoms with E-state index in [0.717, 1.165) is 17.5 Å². The number of nitrogens with one attached hydrogen (secondary N) is 1. The Morgan fingerprint density at radius 1 is 1.06 bits per heavy atom. The molecule has 5 heteroatoms. The molecular formula is C27H38N2O3. The summed E-state index contributed by atoms with van der Waals surface area (Å²) in [5.74, 6) is 0.256. The van der Waals surface area contributed by atoms with Crippen molar-refractivity contribution in [3.05, 3.63) is 65.2 Å². The summed E-state index contributed by atoms with van der Waals surface area (Å²) in [6.45, 7) is 14.4. The summed E-state index contributed by atoms with van der Waals surface area (Å²) in [4.78, 5) is 27.5. The van der Waals surface area contributed by atoms with E-state index >= 15 is 0 Å². The minimum atomic E-state index is -0.608. The zero-order valence-electron chi connectivity index (χ0n) is 20.6. The van der Waals surface area contributed by atoms with E-state index in [9.17, 15) is 9.59 Å². The number of aryl methyl sites for hydroxylation is 1. The van der Waals surface area contributed by atoms with Gasteiger partial charge in [-0.05, 0) is 55.9 Å². The highest BCUT2D eigenvalue weighted by molar-refractivity contribution is 5.88. The molecule has 0 fully saturated rings. The van der Waals surface area contributed by atoms with Crippen LogP contribution in [0.5, 0.6) is 5.75 Å². The molecule has 0 heterocycles. The molecule has 0 aliphatic rings. The fourth-order valence-corrected chi connectivity index (χ4v) is 3.33. The van der Waals surface area contributed by atoms with Crippen molar-refractivity contribution in [1.82, 2.24) is 10.2 Å². The van der Waals surface area contributed by atoms with Crippen molar-refractivity contribution < 1.29 is 14.3 Å². The Morgan fingerprint density at radius 2 is 1.72 bits per heavy atom. The maximum Gasteiger partial charge on any atom is 0.261 e. The summed E-state index contributed by atoms with van der Waals surface area (Å²) in [5.41, 5.74) is 3.35. The van der Waals surface area contributed by atoms with Gasteiger partial charge in [-0.3, -0.25) is 9.59 Å². The van der Waals surface area contributed by atoms with Gasteiger partial charge in [-0.2, -0.15) is 0 Å². The van der Waals surface area contributed by atoms with Crippen molar-refractivity contribution in [2.24, 2.45) is 0 Å². The number of carbonyl (C=O) groups excluding carboxylic acids is 2. The molecule has 1 N–H and O–H groups in total. The van der Waals surface area contributed by atoms with Crippen LogP contribution < -0.4 is 10.1 Å². The summed E-state index contributed by atoms with van der Waals surface area (Å²) in [7, 11) is 0. The first kappa shape index (κ1) is 25.4. The van der Waals surface area contributed by atoms with Gasteiger partial charge < -0.3 is 15.0 Å². The summed E-state index contributed by atoms with van der Waals surface area (Å²) < 4.78 is 5.79. The monoisotopic (exact) mass is 438 g/mol. The molecule has 0 saturated carbocycles. The van der Waals surface area contributed by atoms with Crippen LogP contribution in [0.25, 0.3) is 0 Å². The van der Waals surface area contributed by atoms with Gasteiger partial charge in [-0.25, -0.2) is 0 Å². The molecule has 174 valence electrons. The van der Waals surface area contributed by atoms with Crippen molar-refractivity contribution in [3.8, 4) is 5.75 Å². The van der Waals surface area contributed by atoms with E-state index in [1.165, 1.54) is 5.56 Å². The van der Waals surface area contributed by atoms with E-state index in [2.05, 4.69) is 26.1 Å². The van der Waals surface area contributed by atoms with E-state index in [1.54, 1.807) is 11.8 Å². The maximum atomic E-state index is 13.2. The van der Waals surface area contributed by atoms with Crippen molar-refractivity contribution in [2.75, 3.05) is 6.61 Å². The summed E-state index contributed by atoms with van der Waals surface area (Å²) in [6, 6.07) is 15.2. The Bertz CT molecular complexity index is 900. The number of hydrogen-bond donors (Lipinski definition) is 1. The topological polar surface area (TPSA) is 58.6 Å². The Labute approximate surface area is 193 Å². The second kappa shape index (κ2) is 11.2. The molecule has 2 atom stereocenters. The van der Waals surface area contributed by atoms with Crippen molar-refractivity contribution >= 4 is 11.8 Å². The van der Waals surface area contributed by atoms with Crippen LogP contribution in [0.15, 0.2) is 48.5 Å². The van der Waals surface area contributed by atoms with Crippen LogP contribution >= 0.6 is 0 Å². The van der Waals surface area contributed by atoms with Crippen LogP contribution in [-0.2, 0) is 21.5 Å². The summed E-state index contributed by atoms with van der Waals surface area (Å²) in [6.07, 6.45) is 0.831. The third-order valence-electron chi connectivity index (χ3n) is 5.69. The van der Waals surface area contributed by atoms with Crippen LogP contribution in [-0.4, -0.2) is 35.4 Å². The first-order chi connectivity index (χ1) is 15.0. The van der Waals surface area contributed by atoms with Crippen molar-refractivity contribution in [2.45, 2.75) is 78.9 Å². The Kier molecular flexibility index (Phi) is 8.88. The van der Waals surface area contributed by atoms with Crippen LogP contribution in [0.2, 0.25) is 0 Å². The third kappa shape index (κ3) is 7.40. The van der Waals surface area contributed by atoms with Gasteiger partial charge in [0.25, 0.3) is 5.91 Å². The maximum absolute atomic E-state index is 13.2. The zero-order valence-corrected chi connectivity index (χ0v) is 20.6. The van der Waals surface area contributed by atoms with Gasteiger partial charge in [0.15, 0.2) is 6.61 Å². The predicted molar refractivity (Wildman–Crippen MR) is 130 cm³/mol. The average Bonchev–Trinajstić information content (AvgIpc) is 2.75. The normalized spacial score (nSPS) is 13.2. The van der Waals surface area contributed by atoms with Crippen LogP contribution in [0.1, 0.15) is 64.7 Å². The number of ether oxygens (including phenoxy) is 1. The minimum absolute atomic E-state index is 0.0530. The second-order valence-corrected chi connectivity index (χ2v) is 9.57. The lowest BCUT2D eigenvalue weighted by molar-refractivity contribution is -0.142. The molecule has 2 aromatic carbocycles. The van der Waals surface area contributed by atoms with Crippen LogP contribution in [0.4, 0.5) is 0 Å². The van der Waals surface area contributed by atoms with E-state index in [-0.39, 0.29) is 29.9 Å². The van der Waals surface area contributed by atoms with Crippen molar-refractivity contribution in [3.63, 3.8) is 0 Å². The molecule has 0 unspecified atom stereocenters. The number of carbonyl (C=O) groups is 2. The Balaban J connectivity index is 2.14. The molecule has 0 radical (unpaired) electrons. The van der Waals surface area contributed by atoms with Gasteiger partial charge in [-0.15, -0.1) is 0 Å². The molecule has 0 bridgehead atoms. The Morgan fingerprint density at radius 3 is 2.28 bits per heavy atom. The van der Waals surface area contributed by atoms with Crippen LogP contribution in [0.3, 0.4) is 0 Å². The fourth-order valence-electron chi connectivity index (χ4n) is 3.33. The number of benzene rings is 2. The molecule has 0 aromatic heterocycles. The number of rotatable bonds is 9. The van der Waals surface area contributed by atoms with Crippen LogP contribution in [0, 0.1) is 6.92 Å². The molecule has 0 aliphatic carbocycles. The van der Waals surface area contributed by atoms with Gasteiger partial charge in [0.05, 0.1) is 0 Å². The quantitative estimate of drug-likeness (QED) is 0.599. The SMILES string of the molecule is CC[C@@H](C)NC(=O)[C@@H](C)N(Cc1cccc(C)c1)C(=O)COc1ccc(C(C)(C)C)cc1. The van der Waals surface area contributed by atoms with Crippen molar-refractivity contribution in [1.29, 1.82) is 0 Å². The van der Waals surface area contributed by atoms with E-state index in [1.807, 2.05) is 69.3 Å². The molecular weight excluding hydrogens is 400 g/mol. The standard InChI is InChI=1S/C27H38N2O3/c1-8-20(3)28-26(31)21(4)29(17-22-11-9-10-19(2)16-22)25(30)18-32-24-14-12-23(13-15-24)27(5,6)7/h9-16,20-21H,8,17-18H2,1-7H3,(H,28,31)/t20-,21-/m1/s1. The molecule has 32 heavy (non-hydrogen) atoms. The lowest BCUT2D eigenvalue weighted by atomic mass is 9.87. The summed E-state index contributed by atoms with van der Waals surface area (Å²) in [5, 5.41) is 2.98. The molecule has 0 saturated heterocycles. The number of nitrogens with zero attached hydrogens (tertiary/aromatic N) is 1. The van der Waals surface area contributed by atoms with Gasteiger partial charge >= 0.3 is 0 Å². The summed E-state index contributed by atoms with van der Waals surface area (Å²) >= 11 is 0. The van der Waals surface area contributed by atoms with Gasteiger partial charge in [0.1, 0.15) is 11.8 Å². The molecule has 0 aliphatic heterocycles. The lowest BCUT2D eigenvalue weighted by Crippen LogP contribution is -2.50. The van der Waals surface area contributed by atoms with Gasteiger partial charge in [0, 0.05) is 12.6 Å². The smallest absolute Gasteiger partial charge is 0.261 e. The second-order valence-electron chi connectivity index (χ2n) is 9.57. The fraction of sp³-hybridized carbons (Fsp3) is 0.481. The minimum Gasteiger partial charge on any atom is -0.484 e. The third-order valence-corrected chi connectivity index (χ3v) is 5.69. The first-order valence-corrected chi connectivity index (χ1v) is 11.4. The molecule has 5 nitrogen and oxygen atoms in total. The predicted octanol–water partition coefficient (Wildman–Crippen LogP) is 5.00. The molecule has 0 spiro atoms. The van der Waals surface area contributed by atoms with E-state index in [4.69, 9.17) is 4.74 Å². The van der Waals surface area contributed by atoms with Gasteiger partial charge in [0.2, 0.25) is 5.91 Å². The number of amides is 2. The molecule has 2 amide bonds. The lowest BCUT2D eigenvalue weighted by Gasteiger charge is -2.29. The number of hydrogen-bond acceptors (Lipinski definition) is 3. The highest BCUT2D eigenvalue weighted by Crippen LogP contribution is 2.24. The van der Waals surface area contributed by atoms with Gasteiger partial charge in [-0.1, -0.05) is 69.7 Å². The average molecular weight is 439 g/mol. The Hall–Kier alpha value is -2.82. The highest BCUT2D eigenvalue weighted by atomic mass is 16.5. The molecule has 2 aromatic rings. The van der Waals surface area contributed by atoms with E-state index < -0.39 is 6.04 Å². The van der Waals surface area contributed by atoms with E-state index in [0.29, 0.717) is 12.3 Å². The molecule has 2 rings (SSSR count).